The zero-order valence-electron chi connectivity index (χ0n) is 7.18. The standard InChI is InChI=1S/C9H9Cl2NO/c1-2-3-7(13)6-4-8(10)12-9(11)5-6/h4-5H,2-3H2,1H3. The van der Waals surface area contributed by atoms with Crippen molar-refractivity contribution in [2.45, 2.75) is 19.8 Å². The van der Waals surface area contributed by atoms with E-state index in [1.54, 1.807) is 0 Å². The van der Waals surface area contributed by atoms with E-state index in [-0.39, 0.29) is 16.1 Å². The van der Waals surface area contributed by atoms with E-state index < -0.39 is 0 Å². The molecule has 2 nitrogen and oxygen atoms in total. The Balaban J connectivity index is 2.94. The molecule has 0 aliphatic heterocycles. The first-order valence-corrected chi connectivity index (χ1v) is 4.75. The second kappa shape index (κ2) is 4.58. The van der Waals surface area contributed by atoms with Crippen molar-refractivity contribution in [2.24, 2.45) is 0 Å². The maximum absolute atomic E-state index is 11.4. The van der Waals surface area contributed by atoms with Crippen molar-refractivity contribution in [1.82, 2.24) is 4.98 Å². The number of pyridine rings is 1. The molecule has 0 saturated carbocycles. The topological polar surface area (TPSA) is 30.0 Å². The quantitative estimate of drug-likeness (QED) is 0.575. The highest BCUT2D eigenvalue weighted by atomic mass is 35.5. The number of carbonyl (C=O) groups excluding carboxylic acids is 1. The van der Waals surface area contributed by atoms with Crippen LogP contribution in [0.15, 0.2) is 12.1 Å². The van der Waals surface area contributed by atoms with E-state index >= 15 is 0 Å². The minimum Gasteiger partial charge on any atom is -0.294 e. The highest BCUT2D eigenvalue weighted by Gasteiger charge is 2.07. The van der Waals surface area contributed by atoms with E-state index in [0.717, 1.165) is 6.42 Å². The molecule has 0 saturated heterocycles. The van der Waals surface area contributed by atoms with Crippen molar-refractivity contribution in [3.63, 3.8) is 0 Å². The van der Waals surface area contributed by atoms with Crippen LogP contribution in [-0.2, 0) is 0 Å². The Morgan fingerprint density at radius 1 is 1.38 bits per heavy atom. The summed E-state index contributed by atoms with van der Waals surface area (Å²) in [6, 6.07) is 3.07. The minimum absolute atomic E-state index is 0.0497. The van der Waals surface area contributed by atoms with Crippen LogP contribution in [0.4, 0.5) is 0 Å². The molecule has 0 fully saturated rings. The van der Waals surface area contributed by atoms with Crippen LogP contribution in [0.3, 0.4) is 0 Å². The second-order valence-electron chi connectivity index (χ2n) is 2.67. The summed E-state index contributed by atoms with van der Waals surface area (Å²) in [6.07, 6.45) is 1.33. The lowest BCUT2D eigenvalue weighted by Gasteiger charge is -1.99. The van der Waals surface area contributed by atoms with Gasteiger partial charge in [-0.25, -0.2) is 4.98 Å². The third-order valence-electron chi connectivity index (χ3n) is 1.56. The summed E-state index contributed by atoms with van der Waals surface area (Å²) in [5.41, 5.74) is 0.534. The molecular formula is C9H9Cl2NO. The molecular weight excluding hydrogens is 209 g/mol. The van der Waals surface area contributed by atoms with Gasteiger partial charge in [0, 0.05) is 12.0 Å². The summed E-state index contributed by atoms with van der Waals surface area (Å²) in [7, 11) is 0. The maximum atomic E-state index is 11.4. The second-order valence-corrected chi connectivity index (χ2v) is 3.45. The number of Topliss-reactive ketones (excluding diaryl/α,β-unsaturated/α-hetero) is 1. The van der Waals surface area contributed by atoms with Crippen LogP contribution in [0.1, 0.15) is 30.1 Å². The number of rotatable bonds is 3. The molecule has 0 radical (unpaired) electrons. The van der Waals surface area contributed by atoms with E-state index in [1.165, 1.54) is 12.1 Å². The summed E-state index contributed by atoms with van der Waals surface area (Å²) in [5.74, 6) is 0.0497. The van der Waals surface area contributed by atoms with Crippen molar-refractivity contribution in [2.75, 3.05) is 0 Å². The minimum atomic E-state index is 0.0497. The van der Waals surface area contributed by atoms with Crippen LogP contribution >= 0.6 is 23.2 Å². The van der Waals surface area contributed by atoms with Gasteiger partial charge in [-0.05, 0) is 18.6 Å². The van der Waals surface area contributed by atoms with E-state index in [2.05, 4.69) is 4.98 Å². The Morgan fingerprint density at radius 3 is 2.38 bits per heavy atom. The number of nitrogens with zero attached hydrogens (tertiary/aromatic N) is 1. The summed E-state index contributed by atoms with van der Waals surface area (Å²) >= 11 is 11.3. The fourth-order valence-electron chi connectivity index (χ4n) is 0.997. The molecule has 0 aromatic carbocycles. The number of aromatic nitrogens is 1. The van der Waals surface area contributed by atoms with Crippen LogP contribution in [0.2, 0.25) is 10.3 Å². The molecule has 0 bridgehead atoms. The normalized spacial score (nSPS) is 10.1. The molecule has 0 unspecified atom stereocenters. The van der Waals surface area contributed by atoms with Gasteiger partial charge < -0.3 is 0 Å². The molecule has 4 heteroatoms. The molecule has 0 aliphatic rings. The van der Waals surface area contributed by atoms with Crippen molar-refractivity contribution in [3.8, 4) is 0 Å². The molecule has 0 aliphatic carbocycles. The fraction of sp³-hybridized carbons (Fsp3) is 0.333. The van der Waals surface area contributed by atoms with Crippen LogP contribution in [0.25, 0.3) is 0 Å². The van der Waals surface area contributed by atoms with Crippen LogP contribution in [0, 0.1) is 0 Å². The molecule has 1 aromatic rings. The summed E-state index contributed by atoms with van der Waals surface area (Å²) in [5, 5.41) is 0.513. The van der Waals surface area contributed by atoms with Crippen molar-refractivity contribution in [1.29, 1.82) is 0 Å². The third kappa shape index (κ3) is 2.98. The van der Waals surface area contributed by atoms with Gasteiger partial charge in [-0.2, -0.15) is 0 Å². The van der Waals surface area contributed by atoms with Crippen molar-refractivity contribution in [3.05, 3.63) is 28.0 Å². The summed E-state index contributed by atoms with van der Waals surface area (Å²) < 4.78 is 0. The Kier molecular flexibility index (Phi) is 3.70. The van der Waals surface area contributed by atoms with Crippen LogP contribution < -0.4 is 0 Å². The van der Waals surface area contributed by atoms with E-state index in [0.29, 0.717) is 12.0 Å². The summed E-state index contributed by atoms with van der Waals surface area (Å²) in [4.78, 5) is 15.2. The first kappa shape index (κ1) is 10.5. The maximum Gasteiger partial charge on any atom is 0.163 e. The molecule has 0 atom stereocenters. The highest BCUT2D eigenvalue weighted by molar-refractivity contribution is 6.33. The number of carbonyl (C=O) groups is 1. The average molecular weight is 218 g/mol. The average Bonchev–Trinajstić information content (AvgIpc) is 2.03. The van der Waals surface area contributed by atoms with E-state index in [1.807, 2.05) is 6.92 Å². The Labute approximate surface area is 86.9 Å². The van der Waals surface area contributed by atoms with Gasteiger partial charge in [0.05, 0.1) is 0 Å². The largest absolute Gasteiger partial charge is 0.294 e. The van der Waals surface area contributed by atoms with Gasteiger partial charge in [-0.15, -0.1) is 0 Å². The van der Waals surface area contributed by atoms with Crippen LogP contribution in [0.5, 0.6) is 0 Å². The van der Waals surface area contributed by atoms with E-state index in [9.17, 15) is 4.79 Å². The van der Waals surface area contributed by atoms with Gasteiger partial charge in [0.25, 0.3) is 0 Å². The molecule has 70 valence electrons. The van der Waals surface area contributed by atoms with Gasteiger partial charge in [0.15, 0.2) is 5.78 Å². The predicted molar refractivity (Wildman–Crippen MR) is 53.5 cm³/mol. The third-order valence-corrected chi connectivity index (χ3v) is 1.95. The first-order valence-electron chi connectivity index (χ1n) is 3.99. The molecule has 0 spiro atoms. The Hall–Kier alpha value is -0.600. The number of ketones is 1. The lowest BCUT2D eigenvalue weighted by atomic mass is 10.1. The number of halogens is 2. The highest BCUT2D eigenvalue weighted by Crippen LogP contribution is 2.16. The lowest BCUT2D eigenvalue weighted by Crippen LogP contribution is -1.98. The number of hydrogen-bond acceptors (Lipinski definition) is 2. The zero-order valence-corrected chi connectivity index (χ0v) is 8.69. The molecule has 0 N–H and O–H groups in total. The molecule has 1 heterocycles. The smallest absolute Gasteiger partial charge is 0.163 e. The Bertz CT molecular complexity index is 305. The van der Waals surface area contributed by atoms with Gasteiger partial charge >= 0.3 is 0 Å². The molecule has 1 aromatic heterocycles. The van der Waals surface area contributed by atoms with Gasteiger partial charge in [0.2, 0.25) is 0 Å². The van der Waals surface area contributed by atoms with Crippen molar-refractivity contribution >= 4 is 29.0 Å². The van der Waals surface area contributed by atoms with Gasteiger partial charge in [-0.3, -0.25) is 4.79 Å². The van der Waals surface area contributed by atoms with Gasteiger partial charge in [0.1, 0.15) is 10.3 Å². The fourth-order valence-corrected chi connectivity index (χ4v) is 1.46. The SMILES string of the molecule is CCCC(=O)c1cc(Cl)nc(Cl)c1. The van der Waals surface area contributed by atoms with Gasteiger partial charge in [-0.1, -0.05) is 30.1 Å². The Morgan fingerprint density at radius 2 is 1.92 bits per heavy atom. The molecule has 13 heavy (non-hydrogen) atoms. The summed E-state index contributed by atoms with van der Waals surface area (Å²) in [6.45, 7) is 1.95. The predicted octanol–water partition coefficient (Wildman–Crippen LogP) is 3.37. The molecule has 0 amide bonds. The molecule has 1 rings (SSSR count). The van der Waals surface area contributed by atoms with Crippen LogP contribution in [-0.4, -0.2) is 10.8 Å². The monoisotopic (exact) mass is 217 g/mol. The lowest BCUT2D eigenvalue weighted by molar-refractivity contribution is 0.0981. The van der Waals surface area contributed by atoms with E-state index in [4.69, 9.17) is 23.2 Å². The number of hydrogen-bond donors (Lipinski definition) is 0. The first-order chi connectivity index (χ1) is 6.13. The van der Waals surface area contributed by atoms with Crippen molar-refractivity contribution < 1.29 is 4.79 Å². The zero-order chi connectivity index (χ0) is 9.84.